The van der Waals surface area contributed by atoms with Gasteiger partial charge in [-0.3, -0.25) is 0 Å². The van der Waals surface area contributed by atoms with Crippen LogP contribution in [0.2, 0.25) is 0 Å². The molecule has 0 aliphatic carbocycles. The van der Waals surface area contributed by atoms with Crippen molar-refractivity contribution in [1.82, 2.24) is 9.78 Å². The van der Waals surface area contributed by atoms with Crippen LogP contribution in [-0.4, -0.2) is 23.1 Å². The maximum atomic E-state index is 10.9. The number of hydrogen-bond acceptors (Lipinski definition) is 5. The maximum absolute atomic E-state index is 10.9. The van der Waals surface area contributed by atoms with Gasteiger partial charge < -0.3 is 10.1 Å². The average molecular weight is 240 g/mol. The fraction of sp³-hybridized carbons (Fsp3) is 0.400. The number of halogens is 1. The summed E-state index contributed by atoms with van der Waals surface area (Å²) in [5.41, 5.74) is 0. The van der Waals surface area contributed by atoms with Gasteiger partial charge >= 0.3 is 5.82 Å². The van der Waals surface area contributed by atoms with Crippen LogP contribution in [0.5, 0.6) is 0 Å². The lowest BCUT2D eigenvalue weighted by Crippen LogP contribution is -1.97. The van der Waals surface area contributed by atoms with Gasteiger partial charge in [-0.1, -0.05) is 0 Å². The molecule has 0 fully saturated rings. The second-order valence-electron chi connectivity index (χ2n) is 2.37. The summed E-state index contributed by atoms with van der Waals surface area (Å²) < 4.78 is 22.9. The molecule has 78 valence electrons. The molecule has 0 bridgehead atoms. The minimum atomic E-state index is -4.12. The maximum Gasteiger partial charge on any atom is 0.410 e. The molecule has 1 aromatic rings. The van der Waals surface area contributed by atoms with Crippen molar-refractivity contribution < 1.29 is 13.3 Å². The summed E-state index contributed by atoms with van der Waals surface area (Å²) in [6, 6.07) is 0. The lowest BCUT2D eigenvalue weighted by atomic mass is 10.6. The average Bonchev–Trinajstić information content (AvgIpc) is 2.46. The Kier molecular flexibility index (Phi) is 2.76. The first-order chi connectivity index (χ1) is 6.36. The summed E-state index contributed by atoms with van der Waals surface area (Å²) >= 11 is 0. The highest BCUT2D eigenvalue weighted by atomic mass is 35.7. The van der Waals surface area contributed by atoms with Crippen LogP contribution in [0, 0.1) is 10.1 Å². The lowest BCUT2D eigenvalue weighted by molar-refractivity contribution is -0.392. The summed E-state index contributed by atoms with van der Waals surface area (Å²) in [5, 5.41) is 13.9. The molecule has 0 saturated heterocycles. The molecule has 14 heavy (non-hydrogen) atoms. The number of nitro groups is 1. The lowest BCUT2D eigenvalue weighted by Gasteiger charge is -1.89. The van der Waals surface area contributed by atoms with Crippen molar-refractivity contribution in [3.8, 4) is 0 Å². The first-order valence-corrected chi connectivity index (χ1v) is 5.83. The van der Waals surface area contributed by atoms with Gasteiger partial charge in [-0.25, -0.2) is 8.42 Å². The van der Waals surface area contributed by atoms with Crippen molar-refractivity contribution in [1.29, 1.82) is 0 Å². The van der Waals surface area contributed by atoms with E-state index in [0.717, 1.165) is 10.9 Å². The zero-order chi connectivity index (χ0) is 10.9. The predicted octanol–water partition coefficient (Wildman–Crippen LogP) is 0.739. The van der Waals surface area contributed by atoms with Crippen LogP contribution in [-0.2, 0) is 15.6 Å². The van der Waals surface area contributed by atoms with E-state index in [-0.39, 0.29) is 0 Å². The van der Waals surface area contributed by atoms with Gasteiger partial charge in [0.2, 0.25) is 4.90 Å². The van der Waals surface area contributed by atoms with Crippen molar-refractivity contribution >= 4 is 25.6 Å². The summed E-state index contributed by atoms with van der Waals surface area (Å²) in [4.78, 5) is 8.94. The van der Waals surface area contributed by atoms with E-state index in [1.807, 2.05) is 0 Å². The van der Waals surface area contributed by atoms with Gasteiger partial charge in [0.25, 0.3) is 9.05 Å². The van der Waals surface area contributed by atoms with Gasteiger partial charge in [0.1, 0.15) is 0 Å². The minimum Gasteiger partial charge on any atom is -0.358 e. The molecule has 0 aliphatic heterocycles. The highest BCUT2D eigenvalue weighted by molar-refractivity contribution is 8.13. The Morgan fingerprint density at radius 3 is 2.57 bits per heavy atom. The smallest absolute Gasteiger partial charge is 0.358 e. The fourth-order valence-electron chi connectivity index (χ4n) is 0.853. The van der Waals surface area contributed by atoms with E-state index < -0.39 is 24.7 Å². The van der Waals surface area contributed by atoms with E-state index in [2.05, 4.69) is 5.10 Å². The summed E-state index contributed by atoms with van der Waals surface area (Å²) in [6.45, 7) is 1.99. The van der Waals surface area contributed by atoms with Crippen LogP contribution < -0.4 is 0 Å². The van der Waals surface area contributed by atoms with E-state index in [0.29, 0.717) is 6.54 Å². The van der Waals surface area contributed by atoms with E-state index in [1.165, 1.54) is 0 Å². The number of aromatic nitrogens is 2. The Morgan fingerprint density at radius 2 is 2.29 bits per heavy atom. The second-order valence-corrected chi connectivity index (χ2v) is 4.90. The molecule has 7 nitrogen and oxygen atoms in total. The van der Waals surface area contributed by atoms with Crippen molar-refractivity contribution in [2.24, 2.45) is 0 Å². The molecule has 0 aliphatic rings. The van der Waals surface area contributed by atoms with Gasteiger partial charge in [0, 0.05) is 10.7 Å². The monoisotopic (exact) mass is 239 g/mol. The van der Waals surface area contributed by atoms with Gasteiger partial charge in [0.15, 0.2) is 0 Å². The molecule has 1 heterocycles. The van der Waals surface area contributed by atoms with Gasteiger partial charge in [0.05, 0.1) is 17.8 Å². The Balaban J connectivity index is 3.42. The van der Waals surface area contributed by atoms with Crippen molar-refractivity contribution in [2.45, 2.75) is 18.4 Å². The molecule has 1 aromatic heterocycles. The molecule has 0 amide bonds. The van der Waals surface area contributed by atoms with Gasteiger partial charge in [-0.15, -0.1) is 0 Å². The van der Waals surface area contributed by atoms with Crippen LogP contribution in [0.4, 0.5) is 5.82 Å². The third kappa shape index (κ3) is 2.02. The summed E-state index contributed by atoms with van der Waals surface area (Å²) in [6.07, 6.45) is 1.03. The fourth-order valence-corrected chi connectivity index (χ4v) is 1.76. The SMILES string of the molecule is CCn1cc(S(=O)(=O)Cl)c([N+](=O)[O-])n1. The van der Waals surface area contributed by atoms with E-state index in [4.69, 9.17) is 10.7 Å². The Bertz CT molecular complexity index is 465. The topological polar surface area (TPSA) is 95.1 Å². The molecule has 9 heteroatoms. The Hall–Kier alpha value is -1.15. The van der Waals surface area contributed by atoms with Crippen LogP contribution >= 0.6 is 10.7 Å². The van der Waals surface area contributed by atoms with E-state index in [9.17, 15) is 18.5 Å². The third-order valence-electron chi connectivity index (χ3n) is 1.47. The molecule has 0 radical (unpaired) electrons. The first kappa shape index (κ1) is 10.9. The number of hydrogen-bond donors (Lipinski definition) is 0. The van der Waals surface area contributed by atoms with Crippen LogP contribution in [0.25, 0.3) is 0 Å². The summed E-state index contributed by atoms with van der Waals surface area (Å²) in [7, 11) is 0.872. The first-order valence-electron chi connectivity index (χ1n) is 3.52. The third-order valence-corrected chi connectivity index (χ3v) is 2.78. The number of aryl methyl sites for hydroxylation is 1. The Labute approximate surface area is 83.9 Å². The Morgan fingerprint density at radius 1 is 1.71 bits per heavy atom. The van der Waals surface area contributed by atoms with Crippen LogP contribution in [0.1, 0.15) is 6.92 Å². The van der Waals surface area contributed by atoms with Crippen LogP contribution in [0.15, 0.2) is 11.1 Å². The normalized spacial score (nSPS) is 11.6. The molecular weight excluding hydrogens is 234 g/mol. The molecule has 1 rings (SSSR count). The highest BCUT2D eigenvalue weighted by Gasteiger charge is 2.29. The van der Waals surface area contributed by atoms with E-state index in [1.54, 1.807) is 6.92 Å². The predicted molar refractivity (Wildman–Crippen MR) is 47.6 cm³/mol. The largest absolute Gasteiger partial charge is 0.410 e. The van der Waals surface area contributed by atoms with Crippen LogP contribution in [0.3, 0.4) is 0 Å². The molecule has 0 spiro atoms. The molecule has 0 unspecified atom stereocenters. The van der Waals surface area contributed by atoms with Crippen molar-refractivity contribution in [3.05, 3.63) is 16.3 Å². The minimum absolute atomic E-state index is 0.327. The van der Waals surface area contributed by atoms with Crippen molar-refractivity contribution in [3.63, 3.8) is 0 Å². The zero-order valence-corrected chi connectivity index (χ0v) is 8.62. The zero-order valence-electron chi connectivity index (χ0n) is 7.05. The number of rotatable bonds is 3. The summed E-state index contributed by atoms with van der Waals surface area (Å²) in [5.74, 6) is -0.748. The highest BCUT2D eigenvalue weighted by Crippen LogP contribution is 2.24. The standard InChI is InChI=1S/C5H6ClN3O4S/c1-2-8-3-4(14(6,12)13)5(7-8)9(10)11/h3H,2H2,1H3. The quantitative estimate of drug-likeness (QED) is 0.440. The molecule has 0 atom stereocenters. The van der Waals surface area contributed by atoms with Gasteiger partial charge in [-0.2, -0.15) is 4.68 Å². The van der Waals surface area contributed by atoms with Crippen molar-refractivity contribution in [2.75, 3.05) is 0 Å². The molecule has 0 aromatic carbocycles. The molecular formula is C5H6ClN3O4S. The molecule has 0 saturated carbocycles. The van der Waals surface area contributed by atoms with E-state index >= 15 is 0 Å². The number of nitrogens with zero attached hydrogens (tertiary/aromatic N) is 3. The molecule has 0 N–H and O–H groups in total. The van der Waals surface area contributed by atoms with Gasteiger partial charge in [-0.05, 0) is 11.8 Å². The second kappa shape index (κ2) is 3.54.